The summed E-state index contributed by atoms with van der Waals surface area (Å²) in [6.45, 7) is -0.819. The fourth-order valence-electron chi connectivity index (χ4n) is 2.56. The Morgan fingerprint density at radius 2 is 1.91 bits per heavy atom. The molecule has 1 aliphatic heterocycles. The number of hydrogen-bond acceptors (Lipinski definition) is 3. The summed E-state index contributed by atoms with van der Waals surface area (Å²) in [5.74, 6) is -5.11. The molecule has 0 aliphatic carbocycles. The van der Waals surface area contributed by atoms with E-state index in [4.69, 9.17) is 9.84 Å². The predicted octanol–water partition coefficient (Wildman–Crippen LogP) is 2.91. The third-order valence-electron chi connectivity index (χ3n) is 3.81. The number of benzene rings is 1. The van der Waals surface area contributed by atoms with Gasteiger partial charge in [0.25, 0.3) is 0 Å². The van der Waals surface area contributed by atoms with E-state index in [-0.39, 0.29) is 19.6 Å². The number of carbonyl (C=O) groups is 2. The predicted molar refractivity (Wildman–Crippen MR) is 73.5 cm³/mol. The lowest BCUT2D eigenvalue weighted by molar-refractivity contribution is -0.206. The second-order valence-electron chi connectivity index (χ2n) is 5.37. The van der Waals surface area contributed by atoms with Crippen LogP contribution in [-0.4, -0.2) is 41.3 Å². The average molecular weight is 331 g/mol. The van der Waals surface area contributed by atoms with Gasteiger partial charge in [0.05, 0.1) is 11.8 Å². The molecule has 0 radical (unpaired) electrons. The minimum absolute atomic E-state index is 0.0464. The maximum Gasteiger partial charge on any atom is 0.410 e. The van der Waals surface area contributed by atoms with Gasteiger partial charge in [0.1, 0.15) is 6.61 Å². The van der Waals surface area contributed by atoms with E-state index in [9.17, 15) is 22.8 Å². The van der Waals surface area contributed by atoms with E-state index >= 15 is 0 Å². The Morgan fingerprint density at radius 3 is 2.48 bits per heavy atom. The molecule has 0 spiro atoms. The van der Waals surface area contributed by atoms with Crippen molar-refractivity contribution in [3.8, 4) is 0 Å². The van der Waals surface area contributed by atoms with Gasteiger partial charge in [0, 0.05) is 13.1 Å². The lowest BCUT2D eigenvalue weighted by Crippen LogP contribution is -2.51. The van der Waals surface area contributed by atoms with Crippen molar-refractivity contribution in [1.82, 2.24) is 4.90 Å². The van der Waals surface area contributed by atoms with Gasteiger partial charge in [-0.2, -0.15) is 13.2 Å². The molecule has 8 heteroatoms. The maximum absolute atomic E-state index is 13.0. The molecule has 0 saturated carbocycles. The number of alkyl halides is 3. The number of halogens is 3. The maximum atomic E-state index is 13.0. The molecule has 1 amide bonds. The van der Waals surface area contributed by atoms with Crippen LogP contribution in [0.15, 0.2) is 30.3 Å². The number of amides is 1. The largest absolute Gasteiger partial charge is 0.481 e. The van der Waals surface area contributed by atoms with Crippen LogP contribution in [0, 0.1) is 11.8 Å². The van der Waals surface area contributed by atoms with E-state index in [1.54, 1.807) is 30.3 Å². The number of carbonyl (C=O) groups excluding carboxylic acids is 1. The Kier molecular flexibility index (Phi) is 5.12. The smallest absolute Gasteiger partial charge is 0.410 e. The van der Waals surface area contributed by atoms with Gasteiger partial charge in [-0.15, -0.1) is 0 Å². The van der Waals surface area contributed by atoms with Crippen molar-refractivity contribution in [3.05, 3.63) is 35.9 Å². The molecule has 23 heavy (non-hydrogen) atoms. The number of likely N-dealkylation sites (tertiary alicyclic amines) is 1. The first kappa shape index (κ1) is 17.1. The van der Waals surface area contributed by atoms with Crippen LogP contribution in [0.5, 0.6) is 0 Å². The number of carboxylic acids is 1. The molecular formula is C15H16F3NO4. The Bertz CT molecular complexity index is 562. The van der Waals surface area contributed by atoms with Crippen LogP contribution in [0.3, 0.4) is 0 Å². The first-order chi connectivity index (χ1) is 10.8. The SMILES string of the molecule is O=C(O)C1CCN(C(=O)OCc2ccccc2)CC1C(F)(F)F. The third kappa shape index (κ3) is 4.37. The number of rotatable bonds is 3. The summed E-state index contributed by atoms with van der Waals surface area (Å²) in [6, 6.07) is 8.74. The molecule has 1 saturated heterocycles. The topological polar surface area (TPSA) is 66.8 Å². The van der Waals surface area contributed by atoms with Crippen LogP contribution < -0.4 is 0 Å². The van der Waals surface area contributed by atoms with E-state index < -0.39 is 36.6 Å². The molecule has 1 aromatic rings. The molecule has 2 rings (SSSR count). The average Bonchev–Trinajstić information content (AvgIpc) is 2.52. The van der Waals surface area contributed by atoms with Gasteiger partial charge >= 0.3 is 18.2 Å². The Morgan fingerprint density at radius 1 is 1.26 bits per heavy atom. The van der Waals surface area contributed by atoms with Gasteiger partial charge < -0.3 is 14.7 Å². The first-order valence-electron chi connectivity index (χ1n) is 7.04. The van der Waals surface area contributed by atoms with Crippen LogP contribution >= 0.6 is 0 Å². The van der Waals surface area contributed by atoms with Crippen LogP contribution in [-0.2, 0) is 16.1 Å². The molecule has 2 unspecified atom stereocenters. The van der Waals surface area contributed by atoms with Crippen molar-refractivity contribution >= 4 is 12.1 Å². The van der Waals surface area contributed by atoms with E-state index in [2.05, 4.69) is 0 Å². The van der Waals surface area contributed by atoms with Gasteiger partial charge in [-0.25, -0.2) is 4.79 Å². The highest BCUT2D eigenvalue weighted by atomic mass is 19.4. The number of nitrogens with zero attached hydrogens (tertiary/aromatic N) is 1. The van der Waals surface area contributed by atoms with Crippen LogP contribution in [0.25, 0.3) is 0 Å². The van der Waals surface area contributed by atoms with Gasteiger partial charge in [0.15, 0.2) is 0 Å². The molecule has 1 fully saturated rings. The van der Waals surface area contributed by atoms with Crippen molar-refractivity contribution in [2.75, 3.05) is 13.1 Å². The van der Waals surface area contributed by atoms with Gasteiger partial charge in [-0.3, -0.25) is 4.79 Å². The third-order valence-corrected chi connectivity index (χ3v) is 3.81. The molecule has 126 valence electrons. The normalized spacial score (nSPS) is 21.8. The van der Waals surface area contributed by atoms with Gasteiger partial charge in [0.2, 0.25) is 0 Å². The molecule has 1 aromatic carbocycles. The van der Waals surface area contributed by atoms with Crippen molar-refractivity contribution in [1.29, 1.82) is 0 Å². The Hall–Kier alpha value is -2.25. The van der Waals surface area contributed by atoms with Crippen LogP contribution in [0.2, 0.25) is 0 Å². The molecule has 2 atom stereocenters. The Balaban J connectivity index is 1.98. The molecule has 0 aromatic heterocycles. The number of hydrogen-bond donors (Lipinski definition) is 1. The second kappa shape index (κ2) is 6.89. The summed E-state index contributed by atoms with van der Waals surface area (Å²) in [4.78, 5) is 23.8. The lowest BCUT2D eigenvalue weighted by Gasteiger charge is -2.36. The summed E-state index contributed by atoms with van der Waals surface area (Å²) in [5.41, 5.74) is 0.716. The fourth-order valence-corrected chi connectivity index (χ4v) is 2.56. The minimum Gasteiger partial charge on any atom is -0.481 e. The fraction of sp³-hybridized carbons (Fsp3) is 0.467. The number of ether oxygens (including phenoxy) is 1. The quantitative estimate of drug-likeness (QED) is 0.925. The number of aliphatic carboxylic acids is 1. The van der Waals surface area contributed by atoms with Crippen LogP contribution in [0.4, 0.5) is 18.0 Å². The molecule has 1 aliphatic rings. The molecular weight excluding hydrogens is 315 g/mol. The van der Waals surface area contributed by atoms with E-state index in [0.717, 1.165) is 4.90 Å². The summed E-state index contributed by atoms with van der Waals surface area (Å²) >= 11 is 0. The number of carboxylic acid groups (broad SMARTS) is 1. The highest BCUT2D eigenvalue weighted by Gasteiger charge is 2.51. The summed E-state index contributed by atoms with van der Waals surface area (Å²) in [7, 11) is 0. The lowest BCUT2D eigenvalue weighted by atomic mass is 9.85. The summed E-state index contributed by atoms with van der Waals surface area (Å²) in [5, 5.41) is 8.91. The van der Waals surface area contributed by atoms with Crippen molar-refractivity contribution in [3.63, 3.8) is 0 Å². The van der Waals surface area contributed by atoms with E-state index in [1.165, 1.54) is 0 Å². The highest BCUT2D eigenvalue weighted by Crippen LogP contribution is 2.37. The summed E-state index contributed by atoms with van der Waals surface area (Å²) < 4.78 is 44.0. The highest BCUT2D eigenvalue weighted by molar-refractivity contribution is 5.72. The van der Waals surface area contributed by atoms with Gasteiger partial charge in [-0.05, 0) is 12.0 Å². The number of piperidine rings is 1. The zero-order chi connectivity index (χ0) is 17.0. The minimum atomic E-state index is -4.68. The molecule has 1 heterocycles. The van der Waals surface area contributed by atoms with Gasteiger partial charge in [-0.1, -0.05) is 30.3 Å². The zero-order valence-corrected chi connectivity index (χ0v) is 12.1. The summed E-state index contributed by atoms with van der Waals surface area (Å²) in [6.07, 6.45) is -5.80. The monoisotopic (exact) mass is 331 g/mol. The zero-order valence-electron chi connectivity index (χ0n) is 12.1. The first-order valence-corrected chi connectivity index (χ1v) is 7.04. The van der Waals surface area contributed by atoms with Crippen molar-refractivity contribution < 1.29 is 32.6 Å². The molecule has 1 N–H and O–H groups in total. The Labute approximate surface area is 130 Å². The standard InChI is InChI=1S/C15H16F3NO4/c16-15(17,18)12-8-19(7-6-11(12)13(20)21)14(22)23-9-10-4-2-1-3-5-10/h1-5,11-12H,6-9H2,(H,20,21). The van der Waals surface area contributed by atoms with E-state index in [0.29, 0.717) is 5.56 Å². The van der Waals surface area contributed by atoms with E-state index in [1.807, 2.05) is 0 Å². The second-order valence-corrected chi connectivity index (χ2v) is 5.37. The molecule has 5 nitrogen and oxygen atoms in total. The molecule has 0 bridgehead atoms. The van der Waals surface area contributed by atoms with Crippen LogP contribution in [0.1, 0.15) is 12.0 Å². The van der Waals surface area contributed by atoms with Crippen molar-refractivity contribution in [2.45, 2.75) is 19.2 Å². The van der Waals surface area contributed by atoms with Crippen molar-refractivity contribution in [2.24, 2.45) is 11.8 Å².